The summed E-state index contributed by atoms with van der Waals surface area (Å²) < 4.78 is 0. The van der Waals surface area contributed by atoms with E-state index in [0.717, 1.165) is 5.69 Å². The van der Waals surface area contributed by atoms with Crippen LogP contribution in [0.1, 0.15) is 25.7 Å². The smallest absolute Gasteiger partial charge is 0.249 e. The minimum Gasteiger partial charge on any atom is -0.333 e. The Morgan fingerprint density at radius 1 is 1.22 bits per heavy atom. The van der Waals surface area contributed by atoms with Crippen molar-refractivity contribution in [3.05, 3.63) is 29.3 Å². The summed E-state index contributed by atoms with van der Waals surface area (Å²) in [6.07, 6.45) is 4.29. The number of carbonyl (C=O) groups is 2. The molecule has 1 aliphatic heterocycles. The molecule has 4 nitrogen and oxygen atoms in total. The van der Waals surface area contributed by atoms with Gasteiger partial charge in [-0.05, 0) is 43.2 Å². The van der Waals surface area contributed by atoms with E-state index < -0.39 is 0 Å². The van der Waals surface area contributed by atoms with Crippen molar-refractivity contribution in [3.63, 3.8) is 0 Å². The van der Waals surface area contributed by atoms with Gasteiger partial charge in [0.05, 0.1) is 10.7 Å². The second-order valence-corrected chi connectivity index (χ2v) is 7.39. The quantitative estimate of drug-likeness (QED) is 0.854. The number of para-hydroxylation sites is 1. The monoisotopic (exact) mass is 332 g/mol. The highest BCUT2D eigenvalue weighted by molar-refractivity contribution is 6.34. The number of fused-ring (bicyclic) bond motifs is 1. The van der Waals surface area contributed by atoms with Crippen LogP contribution in [0.25, 0.3) is 0 Å². The summed E-state index contributed by atoms with van der Waals surface area (Å²) in [5.41, 5.74) is 0.741. The van der Waals surface area contributed by atoms with Gasteiger partial charge in [-0.1, -0.05) is 30.2 Å². The van der Waals surface area contributed by atoms with Gasteiger partial charge in [0, 0.05) is 19.5 Å². The molecule has 2 aliphatic carbocycles. The molecule has 1 aromatic rings. The summed E-state index contributed by atoms with van der Waals surface area (Å²) >= 11 is 6.21. The Balaban J connectivity index is 1.47. The van der Waals surface area contributed by atoms with Gasteiger partial charge < -0.3 is 9.80 Å². The third kappa shape index (κ3) is 2.35. The molecule has 0 radical (unpaired) electrons. The molecule has 5 heteroatoms. The van der Waals surface area contributed by atoms with Crippen molar-refractivity contribution >= 4 is 29.1 Å². The number of rotatable bonds is 3. The number of carbonyl (C=O) groups excluding carboxylic acids is 2. The van der Waals surface area contributed by atoms with E-state index in [9.17, 15) is 9.59 Å². The first kappa shape index (κ1) is 15.0. The van der Waals surface area contributed by atoms with Crippen molar-refractivity contribution in [2.75, 3.05) is 18.5 Å². The third-order valence-electron chi connectivity index (χ3n) is 5.83. The molecule has 0 spiro atoms. The average Bonchev–Trinajstić information content (AvgIpc) is 2.87. The van der Waals surface area contributed by atoms with Gasteiger partial charge in [0.1, 0.15) is 6.04 Å². The van der Waals surface area contributed by atoms with Gasteiger partial charge in [0.15, 0.2) is 0 Å². The lowest BCUT2D eigenvalue weighted by molar-refractivity contribution is -0.138. The maximum Gasteiger partial charge on any atom is 0.249 e. The van der Waals surface area contributed by atoms with Gasteiger partial charge in [0.25, 0.3) is 0 Å². The molecule has 23 heavy (non-hydrogen) atoms. The summed E-state index contributed by atoms with van der Waals surface area (Å²) in [7, 11) is 1.79. The van der Waals surface area contributed by atoms with E-state index in [2.05, 4.69) is 0 Å². The molecular weight excluding hydrogens is 312 g/mol. The largest absolute Gasteiger partial charge is 0.333 e. The van der Waals surface area contributed by atoms with Crippen molar-refractivity contribution in [2.24, 2.45) is 17.8 Å². The molecular formula is C18H21ClN2O2. The van der Waals surface area contributed by atoms with Crippen LogP contribution in [0.2, 0.25) is 5.02 Å². The average molecular weight is 333 g/mol. The number of hydrogen-bond acceptors (Lipinski definition) is 2. The minimum atomic E-state index is -0.347. The molecule has 2 amide bonds. The molecule has 122 valence electrons. The molecule has 1 saturated heterocycles. The van der Waals surface area contributed by atoms with Crippen LogP contribution in [0.4, 0.5) is 5.69 Å². The SMILES string of the molecule is CN(C(=O)C1[C@@H]2CCC[C@@H]12)[C@H]1CCN(c2ccccc2Cl)C1=O. The zero-order chi connectivity index (χ0) is 16.1. The Labute approximate surface area is 141 Å². The number of hydrogen-bond donors (Lipinski definition) is 0. The molecule has 3 fully saturated rings. The number of nitrogens with zero attached hydrogens (tertiary/aromatic N) is 2. The fraction of sp³-hybridized carbons (Fsp3) is 0.556. The zero-order valence-corrected chi connectivity index (χ0v) is 14.0. The molecule has 3 aliphatic rings. The Morgan fingerprint density at radius 2 is 1.91 bits per heavy atom. The molecule has 0 N–H and O–H groups in total. The van der Waals surface area contributed by atoms with Crippen molar-refractivity contribution in [3.8, 4) is 0 Å². The maximum absolute atomic E-state index is 12.8. The Hall–Kier alpha value is -1.55. The third-order valence-corrected chi connectivity index (χ3v) is 6.15. The van der Waals surface area contributed by atoms with Gasteiger partial charge in [-0.15, -0.1) is 0 Å². The highest BCUT2D eigenvalue weighted by Crippen LogP contribution is 2.58. The molecule has 1 heterocycles. The van der Waals surface area contributed by atoms with Crippen LogP contribution < -0.4 is 4.90 Å². The standard InChI is InChI=1S/C18H21ClN2O2/c1-20(18(23)16-11-5-4-6-12(11)16)15-9-10-21(17(15)22)14-8-3-2-7-13(14)19/h2-3,7-8,11-12,15-16H,4-6,9-10H2,1H3/t11-,12-,15+/m1/s1. The highest BCUT2D eigenvalue weighted by Gasteiger charge is 2.58. The van der Waals surface area contributed by atoms with Crippen LogP contribution in [0.3, 0.4) is 0 Å². The van der Waals surface area contributed by atoms with E-state index >= 15 is 0 Å². The van der Waals surface area contributed by atoms with Crippen LogP contribution in [0.5, 0.6) is 0 Å². The summed E-state index contributed by atoms with van der Waals surface area (Å²) in [5, 5.41) is 0.576. The van der Waals surface area contributed by atoms with E-state index in [4.69, 9.17) is 11.6 Å². The molecule has 0 bridgehead atoms. The van der Waals surface area contributed by atoms with Crippen molar-refractivity contribution < 1.29 is 9.59 Å². The summed E-state index contributed by atoms with van der Waals surface area (Å²) in [6, 6.07) is 7.03. The lowest BCUT2D eigenvalue weighted by Gasteiger charge is -2.25. The van der Waals surface area contributed by atoms with E-state index in [0.29, 0.717) is 29.8 Å². The van der Waals surface area contributed by atoms with Crippen molar-refractivity contribution in [2.45, 2.75) is 31.7 Å². The molecule has 0 unspecified atom stereocenters. The fourth-order valence-electron chi connectivity index (χ4n) is 4.51. The summed E-state index contributed by atoms with van der Waals surface area (Å²) in [5.74, 6) is 1.50. The van der Waals surface area contributed by atoms with Crippen LogP contribution in [0.15, 0.2) is 24.3 Å². The first-order valence-corrected chi connectivity index (χ1v) is 8.80. The fourth-order valence-corrected chi connectivity index (χ4v) is 4.75. The van der Waals surface area contributed by atoms with Gasteiger partial charge in [-0.25, -0.2) is 0 Å². The van der Waals surface area contributed by atoms with Crippen LogP contribution >= 0.6 is 11.6 Å². The lowest BCUT2D eigenvalue weighted by Crippen LogP contribution is -2.44. The summed E-state index contributed by atoms with van der Waals surface area (Å²) in [6.45, 7) is 0.613. The number of likely N-dealkylation sites (N-methyl/N-ethyl adjacent to an activating group) is 1. The van der Waals surface area contributed by atoms with Crippen LogP contribution in [0, 0.1) is 17.8 Å². The molecule has 1 aromatic carbocycles. The summed E-state index contributed by atoms with van der Waals surface area (Å²) in [4.78, 5) is 28.9. The topological polar surface area (TPSA) is 40.6 Å². The number of amides is 2. The second-order valence-electron chi connectivity index (χ2n) is 6.98. The normalized spacial score (nSPS) is 32.1. The van der Waals surface area contributed by atoms with Gasteiger partial charge in [-0.3, -0.25) is 9.59 Å². The van der Waals surface area contributed by atoms with Crippen molar-refractivity contribution in [1.82, 2.24) is 4.90 Å². The minimum absolute atomic E-state index is 0.0141. The first-order valence-electron chi connectivity index (χ1n) is 8.42. The van der Waals surface area contributed by atoms with Crippen LogP contribution in [-0.4, -0.2) is 36.3 Å². The zero-order valence-electron chi connectivity index (χ0n) is 13.2. The molecule has 4 rings (SSSR count). The predicted octanol–water partition coefficient (Wildman–Crippen LogP) is 2.95. The van der Waals surface area contributed by atoms with E-state index in [-0.39, 0.29) is 23.8 Å². The maximum atomic E-state index is 12.8. The molecule has 2 saturated carbocycles. The molecule has 3 atom stereocenters. The van der Waals surface area contributed by atoms with Crippen molar-refractivity contribution in [1.29, 1.82) is 0 Å². The second kappa shape index (κ2) is 5.52. The Morgan fingerprint density at radius 3 is 2.61 bits per heavy atom. The Kier molecular flexibility index (Phi) is 3.60. The van der Waals surface area contributed by atoms with Crippen LogP contribution in [-0.2, 0) is 9.59 Å². The highest BCUT2D eigenvalue weighted by atomic mass is 35.5. The van der Waals surface area contributed by atoms with Gasteiger partial charge in [-0.2, -0.15) is 0 Å². The van der Waals surface area contributed by atoms with E-state index in [1.54, 1.807) is 22.9 Å². The van der Waals surface area contributed by atoms with Gasteiger partial charge in [0.2, 0.25) is 11.8 Å². The lowest BCUT2D eigenvalue weighted by atomic mass is 10.1. The van der Waals surface area contributed by atoms with E-state index in [1.807, 2.05) is 18.2 Å². The number of halogens is 1. The number of anilines is 1. The first-order chi connectivity index (χ1) is 11.1. The van der Waals surface area contributed by atoms with Gasteiger partial charge >= 0.3 is 0 Å². The predicted molar refractivity (Wildman–Crippen MR) is 89.3 cm³/mol. The molecule has 0 aromatic heterocycles. The van der Waals surface area contributed by atoms with E-state index in [1.165, 1.54) is 19.3 Å². The Bertz CT molecular complexity index is 652. The number of benzene rings is 1.